The number of carbonyl (C=O) groups is 1. The molecule has 0 bridgehead atoms. The first-order valence-electron chi connectivity index (χ1n) is 9.55. The zero-order valence-corrected chi connectivity index (χ0v) is 16.9. The number of nitrogens with one attached hydrogen (secondary N) is 1. The average Bonchev–Trinajstić information content (AvgIpc) is 2.75. The Morgan fingerprint density at radius 3 is 2.41 bits per heavy atom. The Bertz CT molecular complexity index is 1030. The van der Waals surface area contributed by atoms with Crippen LogP contribution in [-0.2, 0) is 0 Å². The molecular weight excluding hydrogens is 362 g/mol. The highest BCUT2D eigenvalue weighted by molar-refractivity contribution is 6.01. The number of hydrogen-bond acceptors (Lipinski definition) is 4. The SMILES string of the molecule is CNC(=O)c1ccc([C@@H](C/C(=N\O)c2ccnc(C)c2)c2ccccc2C)cc1. The van der Waals surface area contributed by atoms with Crippen LogP contribution in [0.1, 0.15) is 50.6 Å². The standard InChI is InChI=1S/C24H25N3O2/c1-16-6-4-5-7-21(16)22(18-8-10-19(11-9-18)24(28)25-3)15-23(27-29)20-12-13-26-17(2)14-20/h4-14,22,29H,15H2,1-3H3,(H,25,28)/b27-23+/t22-/m1/s1. The summed E-state index contributed by atoms with van der Waals surface area (Å²) < 4.78 is 0. The monoisotopic (exact) mass is 387 g/mol. The maximum absolute atomic E-state index is 11.9. The normalized spacial score (nSPS) is 12.4. The summed E-state index contributed by atoms with van der Waals surface area (Å²) in [7, 11) is 1.62. The molecule has 1 aromatic heterocycles. The van der Waals surface area contributed by atoms with Gasteiger partial charge < -0.3 is 10.5 Å². The molecule has 5 heteroatoms. The molecule has 1 heterocycles. The van der Waals surface area contributed by atoms with Crippen LogP contribution >= 0.6 is 0 Å². The lowest BCUT2D eigenvalue weighted by Crippen LogP contribution is -2.18. The lowest BCUT2D eigenvalue weighted by atomic mass is 9.83. The fourth-order valence-electron chi connectivity index (χ4n) is 3.53. The van der Waals surface area contributed by atoms with Gasteiger partial charge in [0.1, 0.15) is 0 Å². The minimum Gasteiger partial charge on any atom is -0.411 e. The van der Waals surface area contributed by atoms with Crippen molar-refractivity contribution < 1.29 is 10.0 Å². The zero-order valence-electron chi connectivity index (χ0n) is 16.9. The molecule has 0 aliphatic rings. The Hall–Kier alpha value is -3.47. The van der Waals surface area contributed by atoms with Gasteiger partial charge in [-0.2, -0.15) is 0 Å². The molecule has 0 fully saturated rings. The lowest BCUT2D eigenvalue weighted by molar-refractivity contribution is 0.0963. The fourth-order valence-corrected chi connectivity index (χ4v) is 3.53. The number of hydrogen-bond donors (Lipinski definition) is 2. The van der Waals surface area contributed by atoms with E-state index in [0.29, 0.717) is 17.7 Å². The third-order valence-corrected chi connectivity index (χ3v) is 5.11. The third kappa shape index (κ3) is 4.69. The van der Waals surface area contributed by atoms with Crippen LogP contribution in [0.4, 0.5) is 0 Å². The first kappa shape index (κ1) is 20.3. The minimum absolute atomic E-state index is 0.0192. The molecule has 0 saturated carbocycles. The number of aryl methyl sites for hydroxylation is 2. The number of nitrogens with zero attached hydrogens (tertiary/aromatic N) is 2. The fraction of sp³-hybridized carbons (Fsp3) is 0.208. The van der Waals surface area contributed by atoms with Crippen molar-refractivity contribution in [1.82, 2.24) is 10.3 Å². The van der Waals surface area contributed by atoms with E-state index >= 15 is 0 Å². The van der Waals surface area contributed by atoms with E-state index in [-0.39, 0.29) is 11.8 Å². The van der Waals surface area contributed by atoms with Crippen LogP contribution in [0.2, 0.25) is 0 Å². The molecular formula is C24H25N3O2. The van der Waals surface area contributed by atoms with Gasteiger partial charge in [0, 0.05) is 42.4 Å². The molecule has 0 aliphatic carbocycles. The van der Waals surface area contributed by atoms with Gasteiger partial charge in [-0.3, -0.25) is 9.78 Å². The summed E-state index contributed by atoms with van der Waals surface area (Å²) in [4.78, 5) is 16.1. The van der Waals surface area contributed by atoms with Crippen molar-refractivity contribution in [2.75, 3.05) is 7.05 Å². The van der Waals surface area contributed by atoms with E-state index in [0.717, 1.165) is 27.9 Å². The summed E-state index contributed by atoms with van der Waals surface area (Å²) in [6.07, 6.45) is 2.24. The van der Waals surface area contributed by atoms with Crippen LogP contribution in [0.25, 0.3) is 0 Å². The van der Waals surface area contributed by atoms with E-state index in [1.807, 2.05) is 55.5 Å². The van der Waals surface area contributed by atoms with Gasteiger partial charge >= 0.3 is 0 Å². The van der Waals surface area contributed by atoms with E-state index in [1.54, 1.807) is 13.2 Å². The molecule has 3 rings (SSSR count). The molecule has 0 spiro atoms. The van der Waals surface area contributed by atoms with Crippen molar-refractivity contribution in [3.8, 4) is 0 Å². The lowest BCUT2D eigenvalue weighted by Gasteiger charge is -2.21. The molecule has 5 nitrogen and oxygen atoms in total. The number of aromatic nitrogens is 1. The summed E-state index contributed by atoms with van der Waals surface area (Å²) in [5.74, 6) is -0.136. The molecule has 1 amide bonds. The van der Waals surface area contributed by atoms with Crippen LogP contribution < -0.4 is 5.32 Å². The van der Waals surface area contributed by atoms with E-state index in [9.17, 15) is 10.0 Å². The predicted octanol–water partition coefficient (Wildman–Crippen LogP) is 4.46. The Morgan fingerprint density at radius 1 is 1.07 bits per heavy atom. The largest absolute Gasteiger partial charge is 0.411 e. The van der Waals surface area contributed by atoms with E-state index < -0.39 is 0 Å². The molecule has 2 N–H and O–H groups in total. The summed E-state index contributed by atoms with van der Waals surface area (Å²) >= 11 is 0. The van der Waals surface area contributed by atoms with Gasteiger partial charge in [-0.25, -0.2) is 0 Å². The number of benzene rings is 2. The maximum Gasteiger partial charge on any atom is 0.251 e. The summed E-state index contributed by atoms with van der Waals surface area (Å²) in [5.41, 5.74) is 6.30. The highest BCUT2D eigenvalue weighted by Crippen LogP contribution is 2.32. The first-order valence-corrected chi connectivity index (χ1v) is 9.55. The summed E-state index contributed by atoms with van der Waals surface area (Å²) in [6.45, 7) is 3.99. The van der Waals surface area contributed by atoms with Crippen molar-refractivity contribution in [3.05, 3.63) is 100 Å². The van der Waals surface area contributed by atoms with Crippen LogP contribution in [0, 0.1) is 13.8 Å². The molecule has 29 heavy (non-hydrogen) atoms. The second-order valence-electron chi connectivity index (χ2n) is 7.05. The van der Waals surface area contributed by atoms with Crippen LogP contribution in [-0.4, -0.2) is 28.9 Å². The summed E-state index contributed by atoms with van der Waals surface area (Å²) in [6, 6.07) is 19.6. The van der Waals surface area contributed by atoms with E-state index in [1.165, 1.54) is 0 Å². The second-order valence-corrected chi connectivity index (χ2v) is 7.05. The van der Waals surface area contributed by atoms with Crippen LogP contribution in [0.15, 0.2) is 72.0 Å². The molecule has 3 aromatic rings. The van der Waals surface area contributed by atoms with Crippen molar-refractivity contribution >= 4 is 11.6 Å². The van der Waals surface area contributed by atoms with Crippen molar-refractivity contribution in [3.63, 3.8) is 0 Å². The third-order valence-electron chi connectivity index (χ3n) is 5.11. The van der Waals surface area contributed by atoms with Crippen LogP contribution in [0.3, 0.4) is 0 Å². The second kappa shape index (κ2) is 9.15. The van der Waals surface area contributed by atoms with Gasteiger partial charge in [0.05, 0.1) is 5.71 Å². The van der Waals surface area contributed by atoms with Crippen molar-refractivity contribution in [2.45, 2.75) is 26.2 Å². The highest BCUT2D eigenvalue weighted by Gasteiger charge is 2.21. The Balaban J connectivity index is 2.02. The smallest absolute Gasteiger partial charge is 0.251 e. The maximum atomic E-state index is 11.9. The topological polar surface area (TPSA) is 74.6 Å². The van der Waals surface area contributed by atoms with Crippen LogP contribution in [0.5, 0.6) is 0 Å². The van der Waals surface area contributed by atoms with Gasteiger partial charge in [0.15, 0.2) is 0 Å². The Morgan fingerprint density at radius 2 is 1.79 bits per heavy atom. The highest BCUT2D eigenvalue weighted by atomic mass is 16.4. The van der Waals surface area contributed by atoms with Gasteiger partial charge in [0.25, 0.3) is 5.91 Å². The zero-order chi connectivity index (χ0) is 20.8. The molecule has 0 aliphatic heterocycles. The molecule has 0 saturated heterocycles. The van der Waals surface area contributed by atoms with Crippen molar-refractivity contribution in [2.24, 2.45) is 5.16 Å². The first-order chi connectivity index (χ1) is 14.0. The number of oxime groups is 1. The van der Waals surface area contributed by atoms with Gasteiger partial charge in [-0.05, 0) is 54.8 Å². The number of rotatable bonds is 6. The van der Waals surface area contributed by atoms with Crippen molar-refractivity contribution in [1.29, 1.82) is 0 Å². The molecule has 0 radical (unpaired) electrons. The quantitative estimate of drug-likeness (QED) is 0.373. The number of pyridine rings is 1. The minimum atomic E-state index is -0.117. The van der Waals surface area contributed by atoms with Gasteiger partial charge in [-0.15, -0.1) is 0 Å². The molecule has 148 valence electrons. The molecule has 0 unspecified atom stereocenters. The van der Waals surface area contributed by atoms with E-state index in [4.69, 9.17) is 0 Å². The number of amides is 1. The summed E-state index contributed by atoms with van der Waals surface area (Å²) in [5, 5.41) is 16.0. The number of carbonyl (C=O) groups excluding carboxylic acids is 1. The van der Waals surface area contributed by atoms with E-state index in [2.05, 4.69) is 34.5 Å². The molecule has 2 aromatic carbocycles. The predicted molar refractivity (Wildman–Crippen MR) is 115 cm³/mol. The Labute approximate surface area is 171 Å². The Kier molecular flexibility index (Phi) is 6.39. The van der Waals surface area contributed by atoms with Gasteiger partial charge in [0.2, 0.25) is 0 Å². The average molecular weight is 387 g/mol. The molecule has 1 atom stereocenters. The van der Waals surface area contributed by atoms with Gasteiger partial charge in [-0.1, -0.05) is 41.6 Å².